The quantitative estimate of drug-likeness (QED) is 0.556. The van der Waals surface area contributed by atoms with Crippen molar-refractivity contribution in [3.8, 4) is 0 Å². The first-order valence-electron chi connectivity index (χ1n) is 6.87. The van der Waals surface area contributed by atoms with Crippen molar-refractivity contribution in [2.75, 3.05) is 5.75 Å². The van der Waals surface area contributed by atoms with Crippen LogP contribution in [0.3, 0.4) is 0 Å². The van der Waals surface area contributed by atoms with E-state index < -0.39 is 0 Å². The van der Waals surface area contributed by atoms with Crippen molar-refractivity contribution in [2.24, 2.45) is 11.3 Å². The van der Waals surface area contributed by atoms with Crippen molar-refractivity contribution in [2.45, 2.75) is 65.3 Å². The highest BCUT2D eigenvalue weighted by atomic mass is 32.2. The second-order valence-corrected chi connectivity index (χ2v) is 8.09. The molecule has 2 atom stereocenters. The molecule has 0 amide bonds. The Morgan fingerprint density at radius 3 is 2.59 bits per heavy atom. The molecule has 17 heavy (non-hydrogen) atoms. The molecule has 1 aliphatic rings. The molecule has 2 heteroatoms. The minimum absolute atomic E-state index is 0.188. The Kier molecular flexibility index (Phi) is 5.15. The highest BCUT2D eigenvalue weighted by Crippen LogP contribution is 2.40. The summed E-state index contributed by atoms with van der Waals surface area (Å²) in [4.78, 5) is 0.188. The van der Waals surface area contributed by atoms with Gasteiger partial charge in [0.15, 0.2) is 0 Å². The fraction of sp³-hybridized carbons (Fsp3) is 0.867. The number of hydrogen-bond donors (Lipinski definition) is 1. The molecule has 0 bridgehead atoms. The van der Waals surface area contributed by atoms with Gasteiger partial charge in [0.05, 0.1) is 4.87 Å². The zero-order valence-corrected chi connectivity index (χ0v) is 13.2. The Morgan fingerprint density at radius 2 is 2.12 bits per heavy atom. The van der Waals surface area contributed by atoms with Gasteiger partial charge in [-0.25, -0.2) is 0 Å². The molecular formula is C15H29NS. The first-order valence-corrected chi connectivity index (χ1v) is 7.86. The van der Waals surface area contributed by atoms with Crippen LogP contribution in [0.1, 0.15) is 54.4 Å². The number of rotatable bonds is 6. The molecule has 1 nitrogen and oxygen atoms in total. The molecular weight excluding hydrogens is 226 g/mol. The summed E-state index contributed by atoms with van der Waals surface area (Å²) in [6.07, 6.45) is 7.45. The first kappa shape index (κ1) is 15.1. The van der Waals surface area contributed by atoms with E-state index in [0.29, 0.717) is 11.5 Å². The Balaban J connectivity index is 2.36. The van der Waals surface area contributed by atoms with Crippen LogP contribution < -0.4 is 5.32 Å². The maximum atomic E-state index is 3.62. The SMILES string of the molecule is CCC1(C)C=CC(CSC(C)(C)NC(C)C)C1. The smallest absolute Gasteiger partial charge is 0.0590 e. The highest BCUT2D eigenvalue weighted by Gasteiger charge is 2.29. The molecule has 0 aliphatic heterocycles. The second-order valence-electron chi connectivity index (χ2n) is 6.45. The van der Waals surface area contributed by atoms with Crippen molar-refractivity contribution < 1.29 is 0 Å². The highest BCUT2D eigenvalue weighted by molar-refractivity contribution is 8.00. The van der Waals surface area contributed by atoms with Gasteiger partial charge in [-0.05, 0) is 51.9 Å². The summed E-state index contributed by atoms with van der Waals surface area (Å²) < 4.78 is 0. The molecule has 0 saturated heterocycles. The van der Waals surface area contributed by atoms with Crippen molar-refractivity contribution in [1.82, 2.24) is 5.32 Å². The van der Waals surface area contributed by atoms with Gasteiger partial charge in [-0.2, -0.15) is 0 Å². The second kappa shape index (κ2) is 5.79. The minimum atomic E-state index is 0.188. The molecule has 1 aliphatic carbocycles. The topological polar surface area (TPSA) is 12.0 Å². The van der Waals surface area contributed by atoms with Gasteiger partial charge in [0, 0.05) is 11.8 Å². The molecule has 0 aromatic carbocycles. The fourth-order valence-electron chi connectivity index (χ4n) is 2.53. The van der Waals surface area contributed by atoms with Crippen LogP contribution >= 0.6 is 11.8 Å². The fourth-order valence-corrected chi connectivity index (χ4v) is 3.71. The summed E-state index contributed by atoms with van der Waals surface area (Å²) in [7, 11) is 0. The number of allylic oxidation sites excluding steroid dienone is 2. The van der Waals surface area contributed by atoms with E-state index in [1.807, 2.05) is 0 Å². The molecule has 2 unspecified atom stereocenters. The van der Waals surface area contributed by atoms with Gasteiger partial charge < -0.3 is 5.32 Å². The Bertz CT molecular complexity index is 270. The van der Waals surface area contributed by atoms with E-state index in [4.69, 9.17) is 0 Å². The lowest BCUT2D eigenvalue weighted by Crippen LogP contribution is -2.41. The summed E-state index contributed by atoms with van der Waals surface area (Å²) in [5, 5.41) is 3.62. The lowest BCUT2D eigenvalue weighted by Gasteiger charge is -2.30. The minimum Gasteiger partial charge on any atom is -0.301 e. The Labute approximate surface area is 112 Å². The van der Waals surface area contributed by atoms with E-state index >= 15 is 0 Å². The van der Waals surface area contributed by atoms with Crippen LogP contribution in [0.15, 0.2) is 12.2 Å². The monoisotopic (exact) mass is 255 g/mol. The average molecular weight is 255 g/mol. The van der Waals surface area contributed by atoms with Gasteiger partial charge >= 0.3 is 0 Å². The van der Waals surface area contributed by atoms with Crippen LogP contribution in [0.5, 0.6) is 0 Å². The van der Waals surface area contributed by atoms with Gasteiger partial charge in [-0.1, -0.05) is 26.0 Å². The van der Waals surface area contributed by atoms with E-state index in [2.05, 4.69) is 70.8 Å². The molecule has 0 aromatic heterocycles. The van der Waals surface area contributed by atoms with Crippen LogP contribution in [0.2, 0.25) is 0 Å². The zero-order valence-electron chi connectivity index (χ0n) is 12.3. The van der Waals surface area contributed by atoms with Crippen LogP contribution in [0, 0.1) is 11.3 Å². The average Bonchev–Trinajstić information content (AvgIpc) is 2.57. The summed E-state index contributed by atoms with van der Waals surface area (Å²) >= 11 is 2.05. The van der Waals surface area contributed by atoms with Gasteiger partial charge in [-0.3, -0.25) is 0 Å². The molecule has 0 radical (unpaired) electrons. The maximum absolute atomic E-state index is 3.62. The molecule has 100 valence electrons. The summed E-state index contributed by atoms with van der Waals surface area (Å²) in [5.74, 6) is 2.00. The molecule has 0 aromatic rings. The Hall–Kier alpha value is 0.0500. The summed E-state index contributed by atoms with van der Waals surface area (Å²) in [5.41, 5.74) is 0.459. The van der Waals surface area contributed by atoms with Gasteiger partial charge in [-0.15, -0.1) is 11.8 Å². The van der Waals surface area contributed by atoms with Gasteiger partial charge in [0.1, 0.15) is 0 Å². The first-order chi connectivity index (χ1) is 7.76. The Morgan fingerprint density at radius 1 is 1.47 bits per heavy atom. The summed E-state index contributed by atoms with van der Waals surface area (Å²) in [6, 6.07) is 0.553. The number of hydrogen-bond acceptors (Lipinski definition) is 2. The predicted molar refractivity (Wildman–Crippen MR) is 80.5 cm³/mol. The molecule has 1 rings (SSSR count). The van der Waals surface area contributed by atoms with Crippen molar-refractivity contribution in [1.29, 1.82) is 0 Å². The van der Waals surface area contributed by atoms with Crippen LogP contribution in [-0.2, 0) is 0 Å². The summed E-state index contributed by atoms with van der Waals surface area (Å²) in [6.45, 7) is 13.7. The van der Waals surface area contributed by atoms with Crippen LogP contribution in [0.25, 0.3) is 0 Å². The molecule has 0 fully saturated rings. The lowest BCUT2D eigenvalue weighted by molar-refractivity contribution is 0.370. The van der Waals surface area contributed by atoms with E-state index in [1.165, 1.54) is 18.6 Å². The predicted octanol–water partition coefficient (Wildman–Crippen LogP) is 4.45. The molecule has 0 heterocycles. The van der Waals surface area contributed by atoms with E-state index in [0.717, 1.165) is 5.92 Å². The number of nitrogens with one attached hydrogen (secondary N) is 1. The lowest BCUT2D eigenvalue weighted by atomic mass is 9.85. The van der Waals surface area contributed by atoms with E-state index in [1.54, 1.807) is 0 Å². The van der Waals surface area contributed by atoms with Crippen LogP contribution in [-0.4, -0.2) is 16.7 Å². The zero-order chi connectivity index (χ0) is 13.1. The van der Waals surface area contributed by atoms with E-state index in [-0.39, 0.29) is 4.87 Å². The van der Waals surface area contributed by atoms with Gasteiger partial charge in [0.2, 0.25) is 0 Å². The number of thioether (sulfide) groups is 1. The molecule has 0 saturated carbocycles. The largest absolute Gasteiger partial charge is 0.301 e. The molecule has 0 spiro atoms. The third-order valence-corrected chi connectivity index (χ3v) is 5.04. The maximum Gasteiger partial charge on any atom is 0.0590 e. The standard InChI is InChI=1S/C15H29NS/c1-7-15(6)9-8-13(10-15)11-17-14(4,5)16-12(2)3/h8-9,12-13,16H,7,10-11H2,1-6H3. The third kappa shape index (κ3) is 5.05. The van der Waals surface area contributed by atoms with Crippen molar-refractivity contribution >= 4 is 11.8 Å². The van der Waals surface area contributed by atoms with E-state index in [9.17, 15) is 0 Å². The van der Waals surface area contributed by atoms with Gasteiger partial charge in [0.25, 0.3) is 0 Å². The van der Waals surface area contributed by atoms with Crippen molar-refractivity contribution in [3.05, 3.63) is 12.2 Å². The third-order valence-electron chi connectivity index (χ3n) is 3.60. The molecule has 1 N–H and O–H groups in total. The van der Waals surface area contributed by atoms with Crippen LogP contribution in [0.4, 0.5) is 0 Å². The van der Waals surface area contributed by atoms with Crippen molar-refractivity contribution in [3.63, 3.8) is 0 Å². The normalized spacial score (nSPS) is 29.2.